The van der Waals surface area contributed by atoms with Gasteiger partial charge >= 0.3 is 0 Å². The average Bonchev–Trinajstić information content (AvgIpc) is 2.39. The van der Waals surface area contributed by atoms with Crippen LogP contribution >= 0.6 is 0 Å². The van der Waals surface area contributed by atoms with Crippen LogP contribution in [0.1, 0.15) is 28.8 Å². The van der Waals surface area contributed by atoms with Crippen molar-refractivity contribution in [2.75, 3.05) is 5.32 Å². The highest BCUT2D eigenvalue weighted by Gasteiger charge is 2.19. The van der Waals surface area contributed by atoms with E-state index in [1.165, 1.54) is 6.07 Å². The summed E-state index contributed by atoms with van der Waals surface area (Å²) in [6, 6.07) is 6.65. The topological polar surface area (TPSA) is 70.0 Å². The van der Waals surface area contributed by atoms with Crippen molar-refractivity contribution >= 4 is 17.4 Å². The number of nitriles is 1. The minimum absolute atomic E-state index is 0.0968. The Bertz CT molecular complexity index is 486. The van der Waals surface area contributed by atoms with E-state index >= 15 is 0 Å². The fourth-order valence-electron chi connectivity index (χ4n) is 1.53. The van der Waals surface area contributed by atoms with Crippen LogP contribution in [0.3, 0.4) is 0 Å². The zero-order valence-electron chi connectivity index (χ0n) is 7.91. The molecule has 15 heavy (non-hydrogen) atoms. The average molecular weight is 200 g/mol. The Morgan fingerprint density at radius 3 is 2.80 bits per heavy atom. The molecule has 74 valence electrons. The van der Waals surface area contributed by atoms with Crippen molar-refractivity contribution in [3.8, 4) is 6.07 Å². The summed E-state index contributed by atoms with van der Waals surface area (Å²) in [5.41, 5.74) is 1.36. The largest absolute Gasteiger partial charge is 0.325 e. The second-order valence-corrected chi connectivity index (χ2v) is 3.34. The van der Waals surface area contributed by atoms with E-state index in [0.717, 1.165) is 0 Å². The molecule has 2 rings (SSSR count). The molecule has 4 heteroatoms. The molecule has 0 fully saturated rings. The van der Waals surface area contributed by atoms with Crippen LogP contribution in [0.15, 0.2) is 18.2 Å². The van der Waals surface area contributed by atoms with Crippen molar-refractivity contribution < 1.29 is 9.59 Å². The van der Waals surface area contributed by atoms with Gasteiger partial charge in [-0.15, -0.1) is 0 Å². The predicted molar refractivity (Wildman–Crippen MR) is 53.4 cm³/mol. The number of ketones is 1. The third-order valence-corrected chi connectivity index (χ3v) is 2.30. The maximum absolute atomic E-state index is 11.6. The van der Waals surface area contributed by atoms with Gasteiger partial charge in [0.2, 0.25) is 5.91 Å². The Labute approximate surface area is 86.5 Å². The van der Waals surface area contributed by atoms with Crippen LogP contribution in [0.4, 0.5) is 5.69 Å². The first-order valence-electron chi connectivity index (χ1n) is 4.58. The van der Waals surface area contributed by atoms with Crippen molar-refractivity contribution in [2.45, 2.75) is 12.8 Å². The van der Waals surface area contributed by atoms with Crippen LogP contribution in [-0.2, 0) is 4.79 Å². The number of anilines is 1. The lowest BCUT2D eigenvalue weighted by atomic mass is 10.0. The summed E-state index contributed by atoms with van der Waals surface area (Å²) in [6.07, 6.45) is 0.406. The summed E-state index contributed by atoms with van der Waals surface area (Å²) in [5, 5.41) is 11.3. The van der Waals surface area contributed by atoms with Crippen molar-refractivity contribution in [3.05, 3.63) is 29.3 Å². The molecule has 0 spiro atoms. The molecule has 1 amide bonds. The standard InChI is InChI=1S/C11H8N2O2/c12-6-7-1-2-9-8(5-7)10(14)3-4-11(15)13-9/h1-2,5H,3-4H2,(H,13,15). The first-order chi connectivity index (χ1) is 7.20. The summed E-state index contributed by atoms with van der Waals surface area (Å²) in [6.45, 7) is 0. The lowest BCUT2D eigenvalue weighted by Crippen LogP contribution is -2.09. The second kappa shape index (κ2) is 3.54. The van der Waals surface area contributed by atoms with Gasteiger partial charge in [-0.25, -0.2) is 0 Å². The monoisotopic (exact) mass is 200 g/mol. The van der Waals surface area contributed by atoms with Gasteiger partial charge in [0.05, 0.1) is 17.3 Å². The molecule has 0 unspecified atom stereocenters. The molecule has 1 N–H and O–H groups in total. The minimum atomic E-state index is -0.160. The SMILES string of the molecule is N#Cc1ccc2c(c1)C(=O)CCC(=O)N2. The lowest BCUT2D eigenvalue weighted by Gasteiger charge is -2.04. The third kappa shape index (κ3) is 1.72. The number of benzene rings is 1. The maximum atomic E-state index is 11.6. The van der Waals surface area contributed by atoms with Crippen molar-refractivity contribution in [1.29, 1.82) is 5.26 Å². The van der Waals surface area contributed by atoms with Gasteiger partial charge in [0.15, 0.2) is 5.78 Å². The van der Waals surface area contributed by atoms with E-state index < -0.39 is 0 Å². The smallest absolute Gasteiger partial charge is 0.224 e. The van der Waals surface area contributed by atoms with Crippen molar-refractivity contribution in [3.63, 3.8) is 0 Å². The number of carbonyl (C=O) groups is 2. The molecule has 1 aliphatic heterocycles. The van der Waals surface area contributed by atoms with Gasteiger partial charge in [0, 0.05) is 18.4 Å². The quantitative estimate of drug-likeness (QED) is 0.689. The first kappa shape index (κ1) is 9.41. The fourth-order valence-corrected chi connectivity index (χ4v) is 1.53. The van der Waals surface area contributed by atoms with E-state index in [9.17, 15) is 9.59 Å². The summed E-state index contributed by atoms with van der Waals surface area (Å²) in [4.78, 5) is 22.8. The van der Waals surface area contributed by atoms with E-state index in [1.54, 1.807) is 12.1 Å². The second-order valence-electron chi connectivity index (χ2n) is 3.34. The molecular weight excluding hydrogens is 192 g/mol. The number of Topliss-reactive ketones (excluding diaryl/α,β-unsaturated/α-hetero) is 1. The Morgan fingerprint density at radius 1 is 1.27 bits per heavy atom. The van der Waals surface area contributed by atoms with Crippen LogP contribution < -0.4 is 5.32 Å². The van der Waals surface area contributed by atoms with Crippen LogP contribution in [0.2, 0.25) is 0 Å². The molecule has 0 atom stereocenters. The zero-order valence-corrected chi connectivity index (χ0v) is 7.91. The molecule has 0 radical (unpaired) electrons. The van der Waals surface area contributed by atoms with Crippen LogP contribution in [0.5, 0.6) is 0 Å². The maximum Gasteiger partial charge on any atom is 0.224 e. The molecule has 0 saturated heterocycles. The summed E-state index contributed by atoms with van der Waals surface area (Å²) >= 11 is 0. The highest BCUT2D eigenvalue weighted by atomic mass is 16.2. The van der Waals surface area contributed by atoms with E-state index in [2.05, 4.69) is 5.32 Å². The normalized spacial score (nSPS) is 14.9. The number of rotatable bonds is 0. The molecule has 0 bridgehead atoms. The molecule has 0 saturated carbocycles. The minimum Gasteiger partial charge on any atom is -0.325 e. The summed E-state index contributed by atoms with van der Waals surface area (Å²) in [5.74, 6) is -0.257. The van der Waals surface area contributed by atoms with E-state index in [4.69, 9.17) is 5.26 Å². The summed E-state index contributed by atoms with van der Waals surface area (Å²) < 4.78 is 0. The Balaban J connectivity index is 2.54. The van der Waals surface area contributed by atoms with Gasteiger partial charge in [0.1, 0.15) is 0 Å². The van der Waals surface area contributed by atoms with Crippen LogP contribution in [0, 0.1) is 11.3 Å². The number of nitrogens with zero attached hydrogens (tertiary/aromatic N) is 1. The van der Waals surface area contributed by atoms with Gasteiger partial charge in [-0.05, 0) is 18.2 Å². The van der Waals surface area contributed by atoms with Crippen molar-refractivity contribution in [1.82, 2.24) is 0 Å². The number of fused-ring (bicyclic) bond motifs is 1. The highest BCUT2D eigenvalue weighted by Crippen LogP contribution is 2.22. The Hall–Kier alpha value is -2.15. The van der Waals surface area contributed by atoms with Gasteiger partial charge in [0.25, 0.3) is 0 Å². The Kier molecular flexibility index (Phi) is 2.22. The molecule has 4 nitrogen and oxygen atoms in total. The molecule has 0 aromatic heterocycles. The molecule has 1 aromatic carbocycles. The molecule has 1 aliphatic rings. The first-order valence-corrected chi connectivity index (χ1v) is 4.58. The molecule has 0 aliphatic carbocycles. The van der Waals surface area contributed by atoms with Gasteiger partial charge in [-0.1, -0.05) is 0 Å². The Morgan fingerprint density at radius 2 is 2.07 bits per heavy atom. The predicted octanol–water partition coefficient (Wildman–Crippen LogP) is 1.47. The zero-order chi connectivity index (χ0) is 10.8. The van der Waals surface area contributed by atoms with E-state index in [-0.39, 0.29) is 24.5 Å². The molecular formula is C11H8N2O2. The van der Waals surface area contributed by atoms with E-state index in [1.807, 2.05) is 6.07 Å². The van der Waals surface area contributed by atoms with Gasteiger partial charge in [-0.2, -0.15) is 5.26 Å². The number of hydrogen-bond donors (Lipinski definition) is 1. The summed E-state index contributed by atoms with van der Waals surface area (Å²) in [7, 11) is 0. The highest BCUT2D eigenvalue weighted by molar-refractivity contribution is 6.09. The van der Waals surface area contributed by atoms with E-state index in [0.29, 0.717) is 16.8 Å². The van der Waals surface area contributed by atoms with Gasteiger partial charge in [-0.3, -0.25) is 9.59 Å². The van der Waals surface area contributed by atoms with Crippen LogP contribution in [-0.4, -0.2) is 11.7 Å². The fraction of sp³-hybridized carbons (Fsp3) is 0.182. The number of amides is 1. The molecule has 1 heterocycles. The molecule has 1 aromatic rings. The van der Waals surface area contributed by atoms with Crippen LogP contribution in [0.25, 0.3) is 0 Å². The van der Waals surface area contributed by atoms with Gasteiger partial charge < -0.3 is 5.32 Å². The van der Waals surface area contributed by atoms with Crippen molar-refractivity contribution in [2.24, 2.45) is 0 Å². The third-order valence-electron chi connectivity index (χ3n) is 2.30. The number of nitrogens with one attached hydrogen (secondary N) is 1. The lowest BCUT2D eigenvalue weighted by molar-refractivity contribution is -0.116. The number of hydrogen-bond acceptors (Lipinski definition) is 3. The number of carbonyl (C=O) groups excluding carboxylic acids is 2.